The van der Waals surface area contributed by atoms with E-state index in [0.29, 0.717) is 17.6 Å². The Morgan fingerprint density at radius 2 is 2.00 bits per heavy atom. The maximum Gasteiger partial charge on any atom is 0.333 e. The van der Waals surface area contributed by atoms with Crippen LogP contribution in [0.2, 0.25) is 0 Å². The molecule has 0 bridgehead atoms. The van der Waals surface area contributed by atoms with Crippen LogP contribution >= 0.6 is 0 Å². The molecule has 0 saturated heterocycles. The Kier molecular flexibility index (Phi) is 5.37. The average Bonchev–Trinajstić information content (AvgIpc) is 2.13. The highest BCUT2D eigenvalue weighted by Crippen LogP contribution is 2.05. The predicted octanol–water partition coefficient (Wildman–Crippen LogP) is 1.32. The summed E-state index contributed by atoms with van der Waals surface area (Å²) in [6.45, 7) is 8.41. The van der Waals surface area contributed by atoms with Crippen molar-refractivity contribution in [3.63, 3.8) is 0 Å². The van der Waals surface area contributed by atoms with Crippen molar-refractivity contribution < 1.29 is 14.3 Å². The second kappa shape index (κ2) is 6.01. The van der Waals surface area contributed by atoms with E-state index in [1.165, 1.54) is 0 Å². The first-order valence-corrected chi connectivity index (χ1v) is 4.67. The lowest BCUT2D eigenvalue weighted by atomic mass is 10.2. The highest BCUT2D eigenvalue weighted by atomic mass is 16.5. The third-order valence-electron chi connectivity index (χ3n) is 1.80. The molecule has 4 nitrogen and oxygen atoms in total. The van der Waals surface area contributed by atoms with Crippen molar-refractivity contribution >= 4 is 11.9 Å². The number of carbonyl (C=O) groups excluding carboxylic acids is 2. The summed E-state index contributed by atoms with van der Waals surface area (Å²) in [7, 11) is 0. The molecule has 0 fully saturated rings. The Bertz CT molecular complexity index is 305. The van der Waals surface area contributed by atoms with E-state index in [9.17, 15) is 9.59 Å². The van der Waals surface area contributed by atoms with Gasteiger partial charge in [-0.3, -0.25) is 4.79 Å². The van der Waals surface area contributed by atoms with Gasteiger partial charge in [-0.1, -0.05) is 12.7 Å². The van der Waals surface area contributed by atoms with E-state index < -0.39 is 11.9 Å². The van der Waals surface area contributed by atoms with Gasteiger partial charge in [0.15, 0.2) is 0 Å². The molecule has 0 radical (unpaired) electrons. The number of carbonyl (C=O) groups is 2. The summed E-state index contributed by atoms with van der Waals surface area (Å²) in [5.41, 5.74) is 5.87. The van der Waals surface area contributed by atoms with Crippen LogP contribution in [0.5, 0.6) is 0 Å². The van der Waals surface area contributed by atoms with Crippen molar-refractivity contribution in [3.8, 4) is 0 Å². The van der Waals surface area contributed by atoms with Crippen molar-refractivity contribution in [3.05, 3.63) is 23.8 Å². The molecule has 0 aliphatic carbocycles. The number of esters is 1. The van der Waals surface area contributed by atoms with E-state index in [-0.39, 0.29) is 6.10 Å². The molecule has 1 atom stereocenters. The lowest BCUT2D eigenvalue weighted by Crippen LogP contribution is -2.16. The van der Waals surface area contributed by atoms with Crippen LogP contribution < -0.4 is 5.73 Å². The first-order chi connectivity index (χ1) is 6.84. The second-order valence-electron chi connectivity index (χ2n) is 3.48. The van der Waals surface area contributed by atoms with E-state index in [0.717, 1.165) is 0 Å². The van der Waals surface area contributed by atoms with Crippen LogP contribution in [0.3, 0.4) is 0 Å². The van der Waals surface area contributed by atoms with E-state index in [1.807, 2.05) is 0 Å². The third kappa shape index (κ3) is 5.67. The summed E-state index contributed by atoms with van der Waals surface area (Å²) >= 11 is 0. The van der Waals surface area contributed by atoms with Gasteiger partial charge in [-0.2, -0.15) is 0 Å². The number of nitrogens with two attached hydrogens (primary N) is 1. The van der Waals surface area contributed by atoms with E-state index in [2.05, 4.69) is 6.58 Å². The molecule has 0 aromatic carbocycles. The smallest absolute Gasteiger partial charge is 0.333 e. The largest absolute Gasteiger partial charge is 0.459 e. The number of ether oxygens (including phenoxy) is 1. The lowest BCUT2D eigenvalue weighted by molar-refractivity contribution is -0.143. The molecule has 15 heavy (non-hydrogen) atoms. The van der Waals surface area contributed by atoms with Gasteiger partial charge in [-0.25, -0.2) is 4.79 Å². The Balaban J connectivity index is 4.11. The molecule has 0 spiro atoms. The summed E-state index contributed by atoms with van der Waals surface area (Å²) in [5.74, 6) is -0.888. The standard InChI is InChI=1S/C11H17NO3/c1-7(2)11(14)15-9(4)6-5-8(3)10(12)13/h5,9H,1,6H2,2-4H3,(H2,12,13)/b8-5+. The lowest BCUT2D eigenvalue weighted by Gasteiger charge is -2.11. The van der Waals surface area contributed by atoms with Crippen LogP contribution in [-0.4, -0.2) is 18.0 Å². The van der Waals surface area contributed by atoms with Gasteiger partial charge in [0.05, 0.1) is 0 Å². The zero-order chi connectivity index (χ0) is 12.0. The van der Waals surface area contributed by atoms with Gasteiger partial charge in [0.25, 0.3) is 0 Å². The fraction of sp³-hybridized carbons (Fsp3) is 0.455. The number of hydrogen-bond acceptors (Lipinski definition) is 3. The van der Waals surface area contributed by atoms with Crippen LogP contribution in [0.4, 0.5) is 0 Å². The van der Waals surface area contributed by atoms with Crippen molar-refractivity contribution in [1.29, 1.82) is 0 Å². The first-order valence-electron chi connectivity index (χ1n) is 4.67. The summed E-state index contributed by atoms with van der Waals surface area (Å²) < 4.78 is 5.01. The van der Waals surface area contributed by atoms with Gasteiger partial charge in [-0.15, -0.1) is 0 Å². The van der Waals surface area contributed by atoms with Gasteiger partial charge >= 0.3 is 5.97 Å². The zero-order valence-corrected chi connectivity index (χ0v) is 9.37. The monoisotopic (exact) mass is 211 g/mol. The minimum atomic E-state index is -0.464. The predicted molar refractivity (Wildman–Crippen MR) is 57.9 cm³/mol. The van der Waals surface area contributed by atoms with Crippen molar-refractivity contribution in [2.75, 3.05) is 0 Å². The van der Waals surface area contributed by atoms with Gasteiger partial charge in [0, 0.05) is 17.6 Å². The molecule has 1 amide bonds. The minimum Gasteiger partial charge on any atom is -0.459 e. The first kappa shape index (κ1) is 13.4. The van der Waals surface area contributed by atoms with Gasteiger partial charge in [-0.05, 0) is 20.8 Å². The minimum absolute atomic E-state index is 0.288. The normalized spacial score (nSPS) is 13.1. The molecule has 0 aliphatic heterocycles. The fourth-order valence-electron chi connectivity index (χ4n) is 0.775. The molecule has 0 aromatic rings. The highest BCUT2D eigenvalue weighted by molar-refractivity contribution is 5.91. The SMILES string of the molecule is C=C(C)C(=O)OC(C)C/C=C(\C)C(N)=O. The van der Waals surface area contributed by atoms with Crippen LogP contribution in [0.15, 0.2) is 23.8 Å². The summed E-state index contributed by atoms with van der Waals surface area (Å²) in [6.07, 6.45) is 1.83. The van der Waals surface area contributed by atoms with Gasteiger partial charge in [0.2, 0.25) is 5.91 Å². The molecule has 0 saturated carbocycles. The third-order valence-corrected chi connectivity index (χ3v) is 1.80. The topological polar surface area (TPSA) is 69.4 Å². The quantitative estimate of drug-likeness (QED) is 0.550. The van der Waals surface area contributed by atoms with E-state index in [4.69, 9.17) is 10.5 Å². The van der Waals surface area contributed by atoms with E-state index >= 15 is 0 Å². The fourth-order valence-corrected chi connectivity index (χ4v) is 0.775. The van der Waals surface area contributed by atoms with Crippen LogP contribution in [0.1, 0.15) is 27.2 Å². The zero-order valence-electron chi connectivity index (χ0n) is 9.37. The summed E-state index contributed by atoms with van der Waals surface area (Å²) in [6, 6.07) is 0. The average molecular weight is 211 g/mol. The van der Waals surface area contributed by atoms with E-state index in [1.54, 1.807) is 26.8 Å². The molecule has 1 unspecified atom stereocenters. The molecule has 0 aromatic heterocycles. The second-order valence-corrected chi connectivity index (χ2v) is 3.48. The molecule has 0 heterocycles. The van der Waals surface area contributed by atoms with Gasteiger partial charge < -0.3 is 10.5 Å². The maximum absolute atomic E-state index is 11.1. The van der Waals surface area contributed by atoms with Crippen molar-refractivity contribution in [1.82, 2.24) is 0 Å². The van der Waals surface area contributed by atoms with Crippen LogP contribution in [0, 0.1) is 0 Å². The molecule has 0 aliphatic rings. The Morgan fingerprint density at radius 3 is 2.40 bits per heavy atom. The summed E-state index contributed by atoms with van der Waals surface area (Å²) in [5, 5.41) is 0. The number of amides is 1. The Labute approximate surface area is 89.8 Å². The van der Waals surface area contributed by atoms with Crippen molar-refractivity contribution in [2.45, 2.75) is 33.3 Å². The molecular formula is C11H17NO3. The molecular weight excluding hydrogens is 194 g/mol. The molecule has 84 valence electrons. The molecule has 0 rings (SSSR count). The van der Waals surface area contributed by atoms with Crippen LogP contribution in [-0.2, 0) is 14.3 Å². The number of hydrogen-bond donors (Lipinski definition) is 1. The summed E-state index contributed by atoms with van der Waals surface area (Å²) in [4.78, 5) is 21.8. The number of primary amides is 1. The van der Waals surface area contributed by atoms with Crippen LogP contribution in [0.25, 0.3) is 0 Å². The Hall–Kier alpha value is -1.58. The number of rotatable bonds is 5. The molecule has 2 N–H and O–H groups in total. The van der Waals surface area contributed by atoms with Gasteiger partial charge in [0.1, 0.15) is 6.10 Å². The molecule has 4 heteroatoms. The highest BCUT2D eigenvalue weighted by Gasteiger charge is 2.09. The maximum atomic E-state index is 11.1. The van der Waals surface area contributed by atoms with Crippen molar-refractivity contribution in [2.24, 2.45) is 5.73 Å². The Morgan fingerprint density at radius 1 is 1.47 bits per heavy atom.